The van der Waals surface area contributed by atoms with Gasteiger partial charge in [0.1, 0.15) is 0 Å². The zero-order chi connectivity index (χ0) is 11.7. The molecular weight excluding hydrogens is 218 g/mol. The van der Waals surface area contributed by atoms with Crippen molar-refractivity contribution in [1.29, 1.82) is 0 Å². The van der Waals surface area contributed by atoms with Crippen LogP contribution in [0.1, 0.15) is 19.3 Å². The first-order valence-corrected chi connectivity index (χ1v) is 6.68. The Kier molecular flexibility index (Phi) is 1.77. The van der Waals surface area contributed by atoms with Crippen LogP contribution in [0.4, 0.5) is 0 Å². The highest BCUT2D eigenvalue weighted by atomic mass is 16.4. The van der Waals surface area contributed by atoms with Crippen molar-refractivity contribution in [2.75, 3.05) is 13.1 Å². The molecule has 0 radical (unpaired) electrons. The number of likely N-dealkylation sites (tertiary alicyclic amines) is 1. The quantitative estimate of drug-likeness (QED) is 0.771. The smallest absolute Gasteiger partial charge is 0.310 e. The standard InChI is InChI=1S/C13H17NO3/c15-12(14-4-8(5-14)13(16)17)11-9-6-1-2-7(3-6)10(9)11/h6-11H,1-5H2,(H,16,17). The maximum Gasteiger partial charge on any atom is 0.310 e. The Labute approximate surface area is 100.0 Å². The molecule has 0 aromatic carbocycles. The summed E-state index contributed by atoms with van der Waals surface area (Å²) in [4.78, 5) is 24.7. The fourth-order valence-electron chi connectivity index (χ4n) is 4.68. The Morgan fingerprint density at radius 1 is 1.06 bits per heavy atom. The lowest BCUT2D eigenvalue weighted by atomic mass is 9.96. The molecule has 4 aliphatic rings. The van der Waals surface area contributed by atoms with Crippen molar-refractivity contribution in [1.82, 2.24) is 4.90 Å². The summed E-state index contributed by atoms with van der Waals surface area (Å²) in [6, 6.07) is 0. The summed E-state index contributed by atoms with van der Waals surface area (Å²) in [5.74, 6) is 2.44. The summed E-state index contributed by atoms with van der Waals surface area (Å²) in [6.07, 6.45) is 4.01. The first-order chi connectivity index (χ1) is 8.16. The fourth-order valence-corrected chi connectivity index (χ4v) is 4.68. The van der Waals surface area contributed by atoms with E-state index in [-0.39, 0.29) is 17.7 Å². The molecule has 0 aromatic heterocycles. The molecule has 4 fully saturated rings. The number of nitrogens with zero attached hydrogens (tertiary/aromatic N) is 1. The number of aliphatic carboxylic acids is 1. The topological polar surface area (TPSA) is 57.6 Å². The Morgan fingerprint density at radius 2 is 1.65 bits per heavy atom. The second kappa shape index (κ2) is 3.03. The van der Waals surface area contributed by atoms with E-state index in [4.69, 9.17) is 5.11 Å². The molecule has 1 N–H and O–H groups in total. The molecule has 1 saturated heterocycles. The van der Waals surface area contributed by atoms with E-state index in [9.17, 15) is 9.59 Å². The lowest BCUT2D eigenvalue weighted by Gasteiger charge is -2.37. The molecule has 4 nitrogen and oxygen atoms in total. The van der Waals surface area contributed by atoms with Crippen molar-refractivity contribution in [3.05, 3.63) is 0 Å². The molecule has 0 aromatic rings. The third-order valence-electron chi connectivity index (χ3n) is 5.56. The number of hydrogen-bond acceptors (Lipinski definition) is 2. The minimum absolute atomic E-state index is 0.258. The summed E-state index contributed by atoms with van der Waals surface area (Å²) in [6.45, 7) is 0.888. The monoisotopic (exact) mass is 235 g/mol. The van der Waals surface area contributed by atoms with Crippen LogP contribution in [0.15, 0.2) is 0 Å². The number of hydrogen-bond donors (Lipinski definition) is 1. The summed E-state index contributed by atoms with van der Waals surface area (Å²) in [7, 11) is 0. The van der Waals surface area contributed by atoms with E-state index in [1.54, 1.807) is 4.90 Å². The molecule has 4 heteroatoms. The summed E-state index contributed by atoms with van der Waals surface area (Å²) in [5, 5.41) is 8.80. The van der Waals surface area contributed by atoms with Gasteiger partial charge in [-0.05, 0) is 42.9 Å². The van der Waals surface area contributed by atoms with Crippen LogP contribution in [-0.2, 0) is 9.59 Å². The van der Waals surface area contributed by atoms with Gasteiger partial charge in [0.25, 0.3) is 0 Å². The third-order valence-corrected chi connectivity index (χ3v) is 5.56. The summed E-state index contributed by atoms with van der Waals surface area (Å²) >= 11 is 0. The van der Waals surface area contributed by atoms with Crippen LogP contribution >= 0.6 is 0 Å². The molecule has 92 valence electrons. The first kappa shape index (κ1) is 9.92. The summed E-state index contributed by atoms with van der Waals surface area (Å²) in [5.41, 5.74) is 0. The molecule has 4 atom stereocenters. The number of carbonyl (C=O) groups excluding carboxylic acids is 1. The van der Waals surface area contributed by atoms with E-state index >= 15 is 0 Å². The van der Waals surface area contributed by atoms with Gasteiger partial charge >= 0.3 is 5.97 Å². The number of amides is 1. The molecule has 0 spiro atoms. The van der Waals surface area contributed by atoms with Crippen LogP contribution in [0, 0.1) is 35.5 Å². The van der Waals surface area contributed by atoms with Gasteiger partial charge in [-0.3, -0.25) is 9.59 Å². The van der Waals surface area contributed by atoms with Gasteiger partial charge in [-0.2, -0.15) is 0 Å². The average Bonchev–Trinajstić information content (AvgIpc) is 2.65. The number of carboxylic acids is 1. The number of carboxylic acid groups (broad SMARTS) is 1. The molecule has 3 aliphatic carbocycles. The van der Waals surface area contributed by atoms with Crippen LogP contribution in [-0.4, -0.2) is 35.0 Å². The number of fused-ring (bicyclic) bond motifs is 5. The predicted octanol–water partition coefficient (Wildman–Crippen LogP) is 0.821. The van der Waals surface area contributed by atoms with Crippen LogP contribution < -0.4 is 0 Å². The van der Waals surface area contributed by atoms with Crippen molar-refractivity contribution < 1.29 is 14.7 Å². The second-order valence-corrected chi connectivity index (χ2v) is 6.29. The van der Waals surface area contributed by atoms with E-state index in [2.05, 4.69) is 0 Å². The van der Waals surface area contributed by atoms with Crippen LogP contribution in [0.2, 0.25) is 0 Å². The Hall–Kier alpha value is -1.06. The van der Waals surface area contributed by atoms with Gasteiger partial charge in [-0.15, -0.1) is 0 Å². The van der Waals surface area contributed by atoms with Crippen molar-refractivity contribution in [2.24, 2.45) is 35.5 Å². The van der Waals surface area contributed by atoms with Gasteiger partial charge in [0.2, 0.25) is 5.91 Å². The molecule has 2 bridgehead atoms. The van der Waals surface area contributed by atoms with Crippen molar-refractivity contribution in [3.63, 3.8) is 0 Å². The van der Waals surface area contributed by atoms with Gasteiger partial charge in [-0.1, -0.05) is 0 Å². The largest absolute Gasteiger partial charge is 0.481 e. The van der Waals surface area contributed by atoms with E-state index in [1.165, 1.54) is 19.3 Å². The normalized spacial score (nSPS) is 46.6. The molecule has 4 rings (SSSR count). The van der Waals surface area contributed by atoms with E-state index in [0.717, 1.165) is 11.8 Å². The molecule has 1 aliphatic heterocycles. The zero-order valence-electron chi connectivity index (χ0n) is 9.71. The van der Waals surface area contributed by atoms with Crippen molar-refractivity contribution in [2.45, 2.75) is 19.3 Å². The highest BCUT2D eigenvalue weighted by Gasteiger charge is 2.68. The molecule has 1 heterocycles. The lowest BCUT2D eigenvalue weighted by Crippen LogP contribution is -2.54. The van der Waals surface area contributed by atoms with Crippen molar-refractivity contribution in [3.8, 4) is 0 Å². The van der Waals surface area contributed by atoms with Gasteiger partial charge < -0.3 is 10.0 Å². The fraction of sp³-hybridized carbons (Fsp3) is 0.846. The summed E-state index contributed by atoms with van der Waals surface area (Å²) < 4.78 is 0. The lowest BCUT2D eigenvalue weighted by molar-refractivity contribution is -0.153. The molecule has 1 amide bonds. The van der Waals surface area contributed by atoms with Crippen LogP contribution in [0.3, 0.4) is 0 Å². The Morgan fingerprint density at radius 3 is 2.18 bits per heavy atom. The van der Waals surface area contributed by atoms with Gasteiger partial charge in [0.15, 0.2) is 0 Å². The Bertz CT molecular complexity index is 385. The van der Waals surface area contributed by atoms with Gasteiger partial charge in [0, 0.05) is 19.0 Å². The maximum atomic E-state index is 12.2. The SMILES string of the molecule is O=C(O)C1CN(C(=O)C2C3C4CCC(C4)C23)C1. The number of rotatable bonds is 2. The second-order valence-electron chi connectivity index (χ2n) is 6.29. The van der Waals surface area contributed by atoms with Gasteiger partial charge in [-0.25, -0.2) is 0 Å². The van der Waals surface area contributed by atoms with Gasteiger partial charge in [0.05, 0.1) is 5.92 Å². The van der Waals surface area contributed by atoms with E-state index in [0.29, 0.717) is 24.9 Å². The number of carbonyl (C=O) groups is 2. The van der Waals surface area contributed by atoms with E-state index in [1.807, 2.05) is 0 Å². The molecule has 4 unspecified atom stereocenters. The molecular formula is C13H17NO3. The average molecular weight is 235 g/mol. The zero-order valence-corrected chi connectivity index (χ0v) is 9.71. The predicted molar refractivity (Wildman–Crippen MR) is 59.0 cm³/mol. The molecule has 3 saturated carbocycles. The Balaban J connectivity index is 1.39. The minimum Gasteiger partial charge on any atom is -0.481 e. The highest BCUT2D eigenvalue weighted by molar-refractivity contribution is 5.85. The molecule has 17 heavy (non-hydrogen) atoms. The first-order valence-electron chi connectivity index (χ1n) is 6.68. The third kappa shape index (κ3) is 1.19. The van der Waals surface area contributed by atoms with Crippen LogP contribution in [0.5, 0.6) is 0 Å². The maximum absolute atomic E-state index is 12.2. The van der Waals surface area contributed by atoms with Crippen molar-refractivity contribution >= 4 is 11.9 Å². The minimum atomic E-state index is -0.759. The van der Waals surface area contributed by atoms with Crippen LogP contribution in [0.25, 0.3) is 0 Å². The highest BCUT2D eigenvalue weighted by Crippen LogP contribution is 2.69. The van der Waals surface area contributed by atoms with E-state index < -0.39 is 5.97 Å².